The number of ether oxygens (including phenoxy) is 5. The molecule has 0 radical (unpaired) electrons. The van der Waals surface area contributed by atoms with Crippen LogP contribution in [0.2, 0.25) is 0 Å². The molecule has 6 N–H and O–H groups in total. The molecule has 9 rings (SSSR count). The smallest absolute Gasteiger partial charge is 0.501 e. The topological polar surface area (TPSA) is 324 Å². The first kappa shape index (κ1) is 55.4. The molecular formula is C51H54ClN7O18S. The zero-order valence-corrected chi connectivity index (χ0v) is 43.4. The molecule has 414 valence electrons. The van der Waals surface area contributed by atoms with Gasteiger partial charge >= 0.3 is 10.4 Å². The molecule has 1 unspecified atom stereocenters. The third-order valence-corrected chi connectivity index (χ3v) is 14.3. The van der Waals surface area contributed by atoms with Crippen molar-refractivity contribution >= 4 is 73.0 Å². The number of fused-ring (bicyclic) bond motifs is 4. The van der Waals surface area contributed by atoms with Crippen LogP contribution in [-0.4, -0.2) is 191 Å². The molecule has 4 amide bonds. The Hall–Kier alpha value is -7.40. The van der Waals surface area contributed by atoms with E-state index in [9.17, 15) is 53.1 Å². The number of nitrogens with zero attached hydrogens (tertiary/aromatic N) is 6. The Kier molecular flexibility index (Phi) is 16.8. The second-order valence-corrected chi connectivity index (χ2v) is 19.8. The van der Waals surface area contributed by atoms with Crippen LogP contribution in [0, 0.1) is 0 Å². The lowest BCUT2D eigenvalue weighted by Crippen LogP contribution is -2.60. The van der Waals surface area contributed by atoms with E-state index in [2.05, 4.69) is 15.3 Å². The number of hydrogen-bond donors (Lipinski definition) is 6. The highest BCUT2D eigenvalue weighted by atomic mass is 35.5. The third-order valence-electron chi connectivity index (χ3n) is 13.2. The number of aromatic hydroxyl groups is 1. The summed E-state index contributed by atoms with van der Waals surface area (Å²) in [4.78, 5) is 58.5. The fourth-order valence-corrected chi connectivity index (χ4v) is 10.1. The van der Waals surface area contributed by atoms with Crippen molar-refractivity contribution in [2.75, 3.05) is 77.6 Å². The number of imide groups is 1. The van der Waals surface area contributed by atoms with Gasteiger partial charge in [-0.15, -0.1) is 25.1 Å². The van der Waals surface area contributed by atoms with Gasteiger partial charge in [0, 0.05) is 84.6 Å². The number of carbonyl (C=O) groups excluding carboxylic acids is 4. The maximum Gasteiger partial charge on any atom is 0.501 e. The number of carbonyl (C=O) groups is 4. The molecule has 78 heavy (non-hydrogen) atoms. The van der Waals surface area contributed by atoms with Gasteiger partial charge in [-0.25, -0.2) is 4.68 Å². The molecule has 27 heteroatoms. The first-order valence-corrected chi connectivity index (χ1v) is 26.2. The molecule has 6 atom stereocenters. The molecule has 1 saturated heterocycles. The van der Waals surface area contributed by atoms with Crippen LogP contribution in [-0.2, 0) is 47.2 Å². The van der Waals surface area contributed by atoms with Crippen molar-refractivity contribution in [2.45, 2.75) is 49.6 Å². The number of phenols is 1. The monoisotopic (exact) mass is 1120 g/mol. The van der Waals surface area contributed by atoms with Crippen LogP contribution in [0.3, 0.4) is 0 Å². The van der Waals surface area contributed by atoms with Crippen molar-refractivity contribution in [3.63, 3.8) is 0 Å². The summed E-state index contributed by atoms with van der Waals surface area (Å²) in [5.74, 6) is -3.23. The standard InChI is InChI=1S/C51H54ClN7O18S/c1-56(12-16-73-17-13-57-26-31(54-55-57)11-15-72-18-14-58-43(62)9-10-44(58)63)49(67)28-3-8-39(74-51-48(66)47(65)46(64)42(27-60)75-51)41(21-28)77-78(69,70)76-40-23-38-45(35-22-33(71-2)5-6-34(35)40)30(24-52)25-59(38)50(68)37-20-29-19-32(61)4-7-36(29)53-37/h3-10,19-23,26,30,42,46-48,51,53,60-61,64-66H,11-18,24-25,27H2,1-2H3/t30-,42-,46+,47+,48?,51-/m1/s1. The van der Waals surface area contributed by atoms with Gasteiger partial charge in [-0.2, -0.15) is 0 Å². The molecule has 2 aromatic heterocycles. The summed E-state index contributed by atoms with van der Waals surface area (Å²) < 4.78 is 69.7. The van der Waals surface area contributed by atoms with E-state index in [4.69, 9.17) is 43.7 Å². The lowest BCUT2D eigenvalue weighted by molar-refractivity contribution is -0.277. The minimum atomic E-state index is -5.26. The van der Waals surface area contributed by atoms with Crippen LogP contribution in [0.5, 0.6) is 28.7 Å². The molecule has 0 bridgehead atoms. The normalized spacial score (nSPS) is 20.2. The van der Waals surface area contributed by atoms with Gasteiger partial charge in [0.2, 0.25) is 6.29 Å². The second-order valence-electron chi connectivity index (χ2n) is 18.3. The number of aliphatic hydroxyl groups is 4. The van der Waals surface area contributed by atoms with Gasteiger partial charge in [-0.3, -0.25) is 24.1 Å². The first-order valence-electron chi connectivity index (χ1n) is 24.4. The fourth-order valence-electron chi connectivity index (χ4n) is 9.10. The number of phenolic OH excluding ortho intramolecular Hbond substituents is 1. The number of H-pyrrole nitrogens is 1. The number of likely N-dealkylation sites (N-methyl/N-ethyl adjacent to an activating group) is 1. The molecule has 4 aromatic carbocycles. The Morgan fingerprint density at radius 1 is 0.872 bits per heavy atom. The van der Waals surface area contributed by atoms with E-state index in [1.54, 1.807) is 41.2 Å². The van der Waals surface area contributed by atoms with Gasteiger partial charge in [-0.05, 0) is 71.6 Å². The van der Waals surface area contributed by atoms with Crippen molar-refractivity contribution in [3.8, 4) is 28.7 Å². The van der Waals surface area contributed by atoms with E-state index in [0.717, 1.165) is 17.0 Å². The second kappa shape index (κ2) is 23.7. The van der Waals surface area contributed by atoms with Gasteiger partial charge in [-0.1, -0.05) is 5.21 Å². The Morgan fingerprint density at radius 2 is 1.63 bits per heavy atom. The van der Waals surface area contributed by atoms with Crippen LogP contribution in [0.1, 0.15) is 38.0 Å². The highest BCUT2D eigenvalue weighted by Gasteiger charge is 2.45. The van der Waals surface area contributed by atoms with Gasteiger partial charge in [0.05, 0.1) is 64.6 Å². The molecule has 3 aliphatic heterocycles. The van der Waals surface area contributed by atoms with Crippen molar-refractivity contribution in [1.29, 1.82) is 0 Å². The summed E-state index contributed by atoms with van der Waals surface area (Å²) in [6.45, 7) is 0.542. The molecule has 0 aliphatic carbocycles. The van der Waals surface area contributed by atoms with Crippen molar-refractivity contribution in [2.24, 2.45) is 0 Å². The number of amides is 4. The van der Waals surface area contributed by atoms with Crippen molar-refractivity contribution in [3.05, 3.63) is 108 Å². The Morgan fingerprint density at radius 3 is 2.38 bits per heavy atom. The largest absolute Gasteiger partial charge is 0.508 e. The van der Waals surface area contributed by atoms with E-state index in [1.807, 2.05) is 0 Å². The lowest BCUT2D eigenvalue weighted by Gasteiger charge is -2.39. The maximum absolute atomic E-state index is 14.3. The van der Waals surface area contributed by atoms with Gasteiger partial charge in [0.1, 0.15) is 41.6 Å². The summed E-state index contributed by atoms with van der Waals surface area (Å²) in [5.41, 5.74) is 2.16. The van der Waals surface area contributed by atoms with Crippen LogP contribution >= 0.6 is 11.6 Å². The highest BCUT2D eigenvalue weighted by molar-refractivity contribution is 7.82. The number of rotatable bonds is 23. The van der Waals surface area contributed by atoms with Gasteiger partial charge in [0.15, 0.2) is 17.2 Å². The van der Waals surface area contributed by atoms with Crippen molar-refractivity contribution < 1.29 is 85.2 Å². The summed E-state index contributed by atoms with van der Waals surface area (Å²) in [7, 11) is -2.33. The maximum atomic E-state index is 14.3. The van der Waals surface area contributed by atoms with E-state index in [-0.39, 0.29) is 97.6 Å². The predicted molar refractivity (Wildman–Crippen MR) is 275 cm³/mol. The minimum absolute atomic E-state index is 0.00134. The third kappa shape index (κ3) is 12.0. The summed E-state index contributed by atoms with van der Waals surface area (Å²) in [6, 6.07) is 15.8. The Balaban J connectivity index is 0.906. The first-order chi connectivity index (χ1) is 37.4. The molecule has 25 nitrogen and oxygen atoms in total. The predicted octanol–water partition coefficient (Wildman–Crippen LogP) is 1.76. The summed E-state index contributed by atoms with van der Waals surface area (Å²) >= 11 is 6.54. The molecule has 3 aliphatic rings. The Labute approximate surface area is 449 Å². The van der Waals surface area contributed by atoms with Crippen molar-refractivity contribution in [1.82, 2.24) is 29.8 Å². The van der Waals surface area contributed by atoms with Crippen LogP contribution in [0.15, 0.2) is 85.1 Å². The number of alkyl halides is 1. The molecule has 1 fully saturated rings. The number of aromatic nitrogens is 4. The molecular weight excluding hydrogens is 1070 g/mol. The molecule has 5 heterocycles. The zero-order chi connectivity index (χ0) is 55.4. The quantitative estimate of drug-likeness (QED) is 0.0302. The van der Waals surface area contributed by atoms with E-state index < -0.39 is 76.9 Å². The average molecular weight is 1120 g/mol. The zero-order valence-electron chi connectivity index (χ0n) is 41.8. The highest BCUT2D eigenvalue weighted by Crippen LogP contribution is 2.47. The van der Waals surface area contributed by atoms with E-state index in [1.165, 1.54) is 60.4 Å². The lowest BCUT2D eigenvalue weighted by atomic mass is 9.95. The fraction of sp³-hybridized carbons (Fsp3) is 0.373. The average Bonchev–Trinajstić information content (AvgIpc) is 4.41. The SMILES string of the molecule is COc1ccc2c(OS(=O)(=O)Oc3cc(C(=O)N(C)CCOCCn4cc(CCOCCN5C(=O)C=CC5=O)nn4)ccc3O[C@@H]3O[C@H](CO)[C@H](O)[C@H](O)C3O)cc3c(c2c1)[C@H](CCl)CN3C(=O)c1cc2cc(O)ccc2[nH]1. The van der Waals surface area contributed by atoms with E-state index >= 15 is 0 Å². The molecule has 6 aromatic rings. The molecule has 0 saturated carbocycles. The summed E-state index contributed by atoms with van der Waals surface area (Å²) in [6.07, 6.45) is -4.18. The van der Waals surface area contributed by atoms with Crippen LogP contribution in [0.4, 0.5) is 5.69 Å². The number of nitrogens with one attached hydrogen (secondary N) is 1. The molecule has 0 spiro atoms. The van der Waals surface area contributed by atoms with Gasteiger partial charge < -0.3 is 72.4 Å². The number of aliphatic hydroxyl groups excluding tert-OH is 4. The Bertz CT molecular complexity index is 3350. The van der Waals surface area contributed by atoms with Crippen LogP contribution in [0.25, 0.3) is 21.7 Å². The summed E-state index contributed by atoms with van der Waals surface area (Å²) in [5, 5.41) is 61.1. The number of benzene rings is 4. The number of halogens is 1. The number of methoxy groups -OCH3 is 1. The number of anilines is 1. The van der Waals surface area contributed by atoms with E-state index in [0.29, 0.717) is 46.3 Å². The number of hydrogen-bond acceptors (Lipinski definition) is 20. The van der Waals surface area contributed by atoms with Crippen LogP contribution < -0.4 is 22.7 Å². The number of aromatic amines is 1. The minimum Gasteiger partial charge on any atom is -0.508 e. The van der Waals surface area contributed by atoms with Gasteiger partial charge in [0.25, 0.3) is 23.6 Å².